The number of carbonyl (C=O) groups excluding carboxylic acids is 2. The smallest absolute Gasteiger partial charge is 0.305 e. The van der Waals surface area contributed by atoms with Gasteiger partial charge in [0.15, 0.2) is 6.29 Å². The first-order valence-electron chi connectivity index (χ1n) is 35.9. The fourth-order valence-corrected chi connectivity index (χ4v) is 11.4. The van der Waals surface area contributed by atoms with Crippen molar-refractivity contribution < 1.29 is 49.3 Å². The molecular weight excluding hydrogens is 1050 g/mol. The van der Waals surface area contributed by atoms with Crippen LogP contribution < -0.4 is 5.32 Å². The fourth-order valence-electron chi connectivity index (χ4n) is 11.4. The highest BCUT2D eigenvalue weighted by Crippen LogP contribution is 2.23. The maximum absolute atomic E-state index is 13.0. The van der Waals surface area contributed by atoms with Gasteiger partial charge < -0.3 is 45.1 Å². The first-order valence-corrected chi connectivity index (χ1v) is 35.9. The fraction of sp³-hybridized carbons (Fsp3) is 0.863. The van der Waals surface area contributed by atoms with Crippen molar-refractivity contribution in [2.24, 2.45) is 0 Å². The quantitative estimate of drug-likeness (QED) is 0.0195. The molecule has 0 spiro atoms. The van der Waals surface area contributed by atoms with Gasteiger partial charge in [-0.2, -0.15) is 0 Å². The van der Waals surface area contributed by atoms with E-state index in [1.54, 1.807) is 6.08 Å². The third-order valence-electron chi connectivity index (χ3n) is 17.0. The Labute approximate surface area is 516 Å². The van der Waals surface area contributed by atoms with Gasteiger partial charge in [0, 0.05) is 12.8 Å². The Morgan fingerprint density at radius 3 is 1.25 bits per heavy atom. The zero-order chi connectivity index (χ0) is 60.9. The minimum atomic E-state index is -1.58. The Morgan fingerprint density at radius 1 is 0.452 bits per heavy atom. The van der Waals surface area contributed by atoms with Gasteiger partial charge in [0.25, 0.3) is 0 Å². The highest BCUT2D eigenvalue weighted by Gasteiger charge is 2.44. The number of aliphatic hydroxyl groups excluding tert-OH is 5. The van der Waals surface area contributed by atoms with Crippen molar-refractivity contribution in [1.82, 2.24) is 5.32 Å². The molecule has 0 saturated carbocycles. The van der Waals surface area contributed by atoms with E-state index in [4.69, 9.17) is 14.2 Å². The van der Waals surface area contributed by atoms with Crippen LogP contribution in [0, 0.1) is 0 Å². The molecule has 0 aromatic carbocycles. The summed E-state index contributed by atoms with van der Waals surface area (Å²) in [6, 6.07) is -0.834. The van der Waals surface area contributed by atoms with Crippen molar-refractivity contribution >= 4 is 11.9 Å². The van der Waals surface area contributed by atoms with Gasteiger partial charge in [0.2, 0.25) is 5.91 Å². The Bertz CT molecular complexity index is 1530. The number of hydrogen-bond donors (Lipinski definition) is 6. The number of hydrogen-bond acceptors (Lipinski definition) is 10. The second kappa shape index (κ2) is 62.2. The molecule has 0 aromatic rings. The van der Waals surface area contributed by atoms with E-state index in [9.17, 15) is 35.1 Å². The van der Waals surface area contributed by atoms with E-state index in [-0.39, 0.29) is 18.5 Å². The Kier molecular flexibility index (Phi) is 59.0. The number of carbonyl (C=O) groups is 2. The van der Waals surface area contributed by atoms with Crippen molar-refractivity contribution in [2.75, 3.05) is 19.8 Å². The second-order valence-corrected chi connectivity index (χ2v) is 24.9. The SMILES string of the molecule is C/C=C/CC/C=C/CC/C=C/C(O)C(COC1OC(CO)C(O)C(O)C1O)NC(=O)CCCCCCCCCCCCCC/C=C\CCCCCCCCCCCCCCOC(=O)CCCCCCCCCCCCCCCCCCCCC. The highest BCUT2D eigenvalue weighted by molar-refractivity contribution is 5.76. The molecule has 7 unspecified atom stereocenters. The van der Waals surface area contributed by atoms with E-state index in [1.807, 2.05) is 19.1 Å². The summed E-state index contributed by atoms with van der Waals surface area (Å²) in [6.45, 7) is 4.12. The topological polar surface area (TPSA) is 175 Å². The van der Waals surface area contributed by atoms with Gasteiger partial charge in [0.05, 0.1) is 32.0 Å². The third-order valence-corrected chi connectivity index (χ3v) is 17.0. The van der Waals surface area contributed by atoms with E-state index < -0.39 is 49.5 Å². The summed E-state index contributed by atoms with van der Waals surface area (Å²) >= 11 is 0. The highest BCUT2D eigenvalue weighted by atomic mass is 16.7. The molecule has 492 valence electrons. The number of ether oxygens (including phenoxy) is 3. The molecule has 11 nitrogen and oxygen atoms in total. The lowest BCUT2D eigenvalue weighted by atomic mass is 9.99. The second-order valence-electron chi connectivity index (χ2n) is 24.9. The molecular formula is C73H135NO10. The van der Waals surface area contributed by atoms with E-state index in [0.29, 0.717) is 19.4 Å². The van der Waals surface area contributed by atoms with Crippen LogP contribution in [0.25, 0.3) is 0 Å². The van der Waals surface area contributed by atoms with Crippen molar-refractivity contribution in [2.45, 2.75) is 384 Å². The molecule has 1 fully saturated rings. The predicted octanol–water partition coefficient (Wildman–Crippen LogP) is 18.4. The van der Waals surface area contributed by atoms with Gasteiger partial charge in [-0.15, -0.1) is 0 Å². The van der Waals surface area contributed by atoms with Crippen LogP contribution in [0.4, 0.5) is 0 Å². The molecule has 11 heteroatoms. The molecule has 0 bridgehead atoms. The lowest BCUT2D eigenvalue weighted by molar-refractivity contribution is -0.302. The van der Waals surface area contributed by atoms with Crippen molar-refractivity contribution in [3.8, 4) is 0 Å². The summed E-state index contributed by atoms with van der Waals surface area (Å²) in [7, 11) is 0. The molecule has 1 heterocycles. The maximum atomic E-state index is 13.0. The summed E-state index contributed by atoms with van der Waals surface area (Å²) in [5, 5.41) is 54.2. The average molecular weight is 1190 g/mol. The standard InChI is InChI=1S/C73H135NO10/c1-3-5-7-9-11-13-14-15-16-17-28-32-35-38-41-45-49-53-57-61-69(78)82-62-58-54-50-46-42-39-36-33-30-27-25-23-21-19-18-20-22-24-26-29-31-34-37-40-44-48-52-56-60-68(77)74-65(66(76)59-55-51-47-43-12-10-8-6-4-2)64-83-73-72(81)71(80)70(79)67(63-75)84-73/h4,6,12,18-19,43,55,59,65-67,70-73,75-76,79-81H,3,5,7-11,13-17,20-42,44-54,56-58,60-64H2,1-2H3,(H,74,77)/b6-4+,19-18-,43-12+,59-55+. The summed E-state index contributed by atoms with van der Waals surface area (Å²) < 4.78 is 16.7. The lowest BCUT2D eigenvalue weighted by Gasteiger charge is -2.40. The van der Waals surface area contributed by atoms with E-state index >= 15 is 0 Å². The molecule has 1 aliphatic rings. The van der Waals surface area contributed by atoms with Gasteiger partial charge in [-0.1, -0.05) is 300 Å². The average Bonchev–Trinajstić information content (AvgIpc) is 3.44. The van der Waals surface area contributed by atoms with Crippen LogP contribution in [0.5, 0.6) is 0 Å². The number of rotatable bonds is 63. The Balaban J connectivity index is 1.90. The number of nitrogens with one attached hydrogen (secondary N) is 1. The van der Waals surface area contributed by atoms with Crippen LogP contribution in [-0.2, 0) is 23.8 Å². The first kappa shape index (κ1) is 79.6. The van der Waals surface area contributed by atoms with Gasteiger partial charge in [-0.05, 0) is 77.6 Å². The number of esters is 1. The normalized spacial score (nSPS) is 18.3. The molecule has 0 aliphatic carbocycles. The minimum Gasteiger partial charge on any atom is -0.466 e. The van der Waals surface area contributed by atoms with Crippen LogP contribution >= 0.6 is 0 Å². The zero-order valence-electron chi connectivity index (χ0n) is 54.6. The predicted molar refractivity (Wildman–Crippen MR) is 352 cm³/mol. The summed E-state index contributed by atoms with van der Waals surface area (Å²) in [5.41, 5.74) is 0. The Hall–Kier alpha value is -2.38. The zero-order valence-corrected chi connectivity index (χ0v) is 54.6. The van der Waals surface area contributed by atoms with Crippen molar-refractivity contribution in [1.29, 1.82) is 0 Å². The van der Waals surface area contributed by atoms with Gasteiger partial charge in [-0.25, -0.2) is 0 Å². The van der Waals surface area contributed by atoms with Gasteiger partial charge >= 0.3 is 5.97 Å². The number of aliphatic hydroxyl groups is 5. The maximum Gasteiger partial charge on any atom is 0.305 e. The molecule has 0 aromatic heterocycles. The first-order chi connectivity index (χ1) is 41.2. The lowest BCUT2D eigenvalue weighted by Crippen LogP contribution is -2.60. The Morgan fingerprint density at radius 2 is 0.821 bits per heavy atom. The van der Waals surface area contributed by atoms with Gasteiger partial charge in [0.1, 0.15) is 24.4 Å². The molecule has 1 rings (SSSR count). The number of allylic oxidation sites excluding steroid dienone is 7. The van der Waals surface area contributed by atoms with Crippen molar-refractivity contribution in [3.63, 3.8) is 0 Å². The number of amides is 1. The largest absolute Gasteiger partial charge is 0.466 e. The van der Waals surface area contributed by atoms with E-state index in [0.717, 1.165) is 57.8 Å². The van der Waals surface area contributed by atoms with Crippen LogP contribution in [0.2, 0.25) is 0 Å². The third kappa shape index (κ3) is 50.6. The monoisotopic (exact) mass is 1190 g/mol. The minimum absolute atomic E-state index is 0.0111. The van der Waals surface area contributed by atoms with Crippen LogP contribution in [0.3, 0.4) is 0 Å². The van der Waals surface area contributed by atoms with E-state index in [1.165, 1.54) is 257 Å². The number of unbranched alkanes of at least 4 members (excludes halogenated alkanes) is 44. The molecule has 84 heavy (non-hydrogen) atoms. The molecule has 7 atom stereocenters. The summed E-state index contributed by atoms with van der Waals surface area (Å²) in [5.74, 6) is -0.188. The van der Waals surface area contributed by atoms with Crippen molar-refractivity contribution in [3.05, 3.63) is 48.6 Å². The summed E-state index contributed by atoms with van der Waals surface area (Å²) in [6.07, 6.45) is 71.5. The van der Waals surface area contributed by atoms with Gasteiger partial charge in [-0.3, -0.25) is 9.59 Å². The van der Waals surface area contributed by atoms with E-state index in [2.05, 4.69) is 42.6 Å². The molecule has 0 radical (unpaired) electrons. The molecule has 1 saturated heterocycles. The van der Waals surface area contributed by atoms with Crippen LogP contribution in [0.15, 0.2) is 48.6 Å². The molecule has 6 N–H and O–H groups in total. The van der Waals surface area contributed by atoms with Crippen LogP contribution in [-0.4, -0.2) is 100 Å². The molecule has 1 aliphatic heterocycles. The molecule has 1 amide bonds. The summed E-state index contributed by atoms with van der Waals surface area (Å²) in [4.78, 5) is 25.1. The van der Waals surface area contributed by atoms with Crippen LogP contribution in [0.1, 0.15) is 341 Å².